The van der Waals surface area contributed by atoms with Gasteiger partial charge in [-0.3, -0.25) is 10.1 Å². The second kappa shape index (κ2) is 4.46. The third-order valence-corrected chi connectivity index (χ3v) is 2.64. The number of hydrogen-bond acceptors (Lipinski definition) is 5. The van der Waals surface area contributed by atoms with Gasteiger partial charge in [0.1, 0.15) is 5.75 Å². The molecule has 0 aromatic heterocycles. The number of piperazine rings is 1. The van der Waals surface area contributed by atoms with Crippen molar-refractivity contribution in [3.05, 3.63) is 33.9 Å². The number of rotatable bonds is 2. The third-order valence-electron chi connectivity index (χ3n) is 2.64. The van der Waals surface area contributed by atoms with Crippen LogP contribution in [0.25, 0.3) is 0 Å². The van der Waals surface area contributed by atoms with Gasteiger partial charge in [-0.25, -0.2) is 0 Å². The molecule has 0 aliphatic carbocycles. The van der Waals surface area contributed by atoms with Gasteiger partial charge >= 0.3 is 0 Å². The Morgan fingerprint density at radius 1 is 1.44 bits per heavy atom. The molecule has 1 saturated heterocycles. The van der Waals surface area contributed by atoms with Crippen LogP contribution in [-0.2, 0) is 0 Å². The molecule has 0 radical (unpaired) electrons. The summed E-state index contributed by atoms with van der Waals surface area (Å²) in [6.07, 6.45) is 0. The number of hydrogen-bond donors (Lipinski definition) is 3. The highest BCUT2D eigenvalue weighted by Crippen LogP contribution is 2.28. The van der Waals surface area contributed by atoms with Crippen molar-refractivity contribution < 1.29 is 10.0 Å². The van der Waals surface area contributed by atoms with Crippen molar-refractivity contribution in [2.24, 2.45) is 0 Å². The second-order valence-electron chi connectivity index (χ2n) is 3.71. The molecule has 1 fully saturated rings. The van der Waals surface area contributed by atoms with Gasteiger partial charge in [0.15, 0.2) is 0 Å². The van der Waals surface area contributed by atoms with Crippen molar-refractivity contribution in [2.75, 3.05) is 19.6 Å². The quantitative estimate of drug-likeness (QED) is 0.503. The first kappa shape index (κ1) is 10.8. The summed E-state index contributed by atoms with van der Waals surface area (Å²) in [4.78, 5) is 10.2. The van der Waals surface area contributed by atoms with Crippen molar-refractivity contribution in [3.63, 3.8) is 0 Å². The summed E-state index contributed by atoms with van der Waals surface area (Å²) in [5.41, 5.74) is 0.571. The Kier molecular flexibility index (Phi) is 3.02. The SMILES string of the molecule is O=[N+]([O-])c1ccc(O)c([C@H]2CNCCN2)c1. The van der Waals surface area contributed by atoms with Crippen LogP contribution >= 0.6 is 0 Å². The van der Waals surface area contributed by atoms with Crippen molar-refractivity contribution in [2.45, 2.75) is 6.04 Å². The maximum absolute atomic E-state index is 10.6. The molecule has 3 N–H and O–H groups in total. The van der Waals surface area contributed by atoms with Gasteiger partial charge in [0.25, 0.3) is 5.69 Å². The van der Waals surface area contributed by atoms with Gasteiger partial charge in [-0.05, 0) is 6.07 Å². The molecule has 0 bridgehead atoms. The predicted octanol–water partition coefficient (Wildman–Crippen LogP) is 0.534. The van der Waals surface area contributed by atoms with E-state index in [1.54, 1.807) is 0 Å². The summed E-state index contributed by atoms with van der Waals surface area (Å²) in [6.45, 7) is 2.31. The lowest BCUT2D eigenvalue weighted by Crippen LogP contribution is -2.42. The Morgan fingerprint density at radius 3 is 2.88 bits per heavy atom. The topological polar surface area (TPSA) is 87.4 Å². The van der Waals surface area contributed by atoms with Gasteiger partial charge in [-0.15, -0.1) is 0 Å². The van der Waals surface area contributed by atoms with E-state index < -0.39 is 4.92 Å². The van der Waals surface area contributed by atoms with E-state index in [1.807, 2.05) is 0 Å². The van der Waals surface area contributed by atoms with Crippen LogP contribution in [0.5, 0.6) is 5.75 Å². The van der Waals surface area contributed by atoms with Crippen LogP contribution in [0.2, 0.25) is 0 Å². The summed E-state index contributed by atoms with van der Waals surface area (Å²) in [6, 6.07) is 4.01. The van der Waals surface area contributed by atoms with Gasteiger partial charge in [0, 0.05) is 43.4 Å². The van der Waals surface area contributed by atoms with E-state index in [9.17, 15) is 15.2 Å². The van der Waals surface area contributed by atoms with Crippen molar-refractivity contribution in [1.82, 2.24) is 10.6 Å². The molecule has 0 unspecified atom stereocenters. The van der Waals surface area contributed by atoms with Gasteiger partial charge in [0.05, 0.1) is 4.92 Å². The first-order chi connectivity index (χ1) is 7.68. The average molecular weight is 223 g/mol. The van der Waals surface area contributed by atoms with Crippen LogP contribution in [0.3, 0.4) is 0 Å². The maximum atomic E-state index is 10.6. The zero-order valence-electron chi connectivity index (χ0n) is 8.64. The van der Waals surface area contributed by atoms with E-state index in [-0.39, 0.29) is 17.5 Å². The van der Waals surface area contributed by atoms with Gasteiger partial charge in [0.2, 0.25) is 0 Å². The van der Waals surface area contributed by atoms with E-state index >= 15 is 0 Å². The minimum absolute atomic E-state index is 0.000161. The Balaban J connectivity index is 2.30. The molecule has 0 spiro atoms. The lowest BCUT2D eigenvalue weighted by Gasteiger charge is -2.25. The van der Waals surface area contributed by atoms with Crippen LogP contribution in [0, 0.1) is 10.1 Å². The van der Waals surface area contributed by atoms with E-state index in [0.29, 0.717) is 12.1 Å². The van der Waals surface area contributed by atoms with E-state index in [0.717, 1.165) is 13.1 Å². The zero-order chi connectivity index (χ0) is 11.5. The van der Waals surface area contributed by atoms with E-state index in [2.05, 4.69) is 10.6 Å². The first-order valence-corrected chi connectivity index (χ1v) is 5.10. The second-order valence-corrected chi connectivity index (χ2v) is 3.71. The fraction of sp³-hybridized carbons (Fsp3) is 0.400. The fourth-order valence-electron chi connectivity index (χ4n) is 1.81. The highest BCUT2D eigenvalue weighted by Gasteiger charge is 2.20. The van der Waals surface area contributed by atoms with E-state index in [1.165, 1.54) is 18.2 Å². The molecule has 1 heterocycles. The summed E-state index contributed by atoms with van der Waals surface area (Å²) in [5, 5.41) is 26.7. The standard InChI is InChI=1S/C10H13N3O3/c14-10-2-1-7(13(15)16)5-8(10)9-6-11-3-4-12-9/h1-2,5,9,11-12,14H,3-4,6H2/t9-/m1/s1. The molecule has 1 aromatic rings. The highest BCUT2D eigenvalue weighted by molar-refractivity contribution is 5.44. The number of aromatic hydroxyl groups is 1. The number of nitro benzene ring substituents is 1. The predicted molar refractivity (Wildman–Crippen MR) is 58.4 cm³/mol. The molecule has 86 valence electrons. The minimum atomic E-state index is -0.459. The summed E-state index contributed by atoms with van der Waals surface area (Å²) < 4.78 is 0. The first-order valence-electron chi connectivity index (χ1n) is 5.10. The summed E-state index contributed by atoms with van der Waals surface area (Å²) >= 11 is 0. The van der Waals surface area contributed by atoms with Crippen LogP contribution < -0.4 is 10.6 Å². The Hall–Kier alpha value is -1.66. The Morgan fingerprint density at radius 2 is 2.25 bits per heavy atom. The lowest BCUT2D eigenvalue weighted by molar-refractivity contribution is -0.385. The number of phenolic OH excluding ortho intramolecular Hbond substituents is 1. The monoisotopic (exact) mass is 223 g/mol. The number of benzene rings is 1. The van der Waals surface area contributed by atoms with Crippen molar-refractivity contribution in [1.29, 1.82) is 0 Å². The largest absolute Gasteiger partial charge is 0.508 e. The van der Waals surface area contributed by atoms with Crippen molar-refractivity contribution >= 4 is 5.69 Å². The molecule has 0 saturated carbocycles. The molecule has 1 atom stereocenters. The maximum Gasteiger partial charge on any atom is 0.270 e. The molecule has 1 aliphatic rings. The van der Waals surface area contributed by atoms with Crippen LogP contribution in [0.15, 0.2) is 18.2 Å². The molecule has 1 aliphatic heterocycles. The summed E-state index contributed by atoms with van der Waals surface area (Å²) in [5.74, 6) is 0.0896. The number of nitro groups is 1. The third kappa shape index (κ3) is 2.12. The summed E-state index contributed by atoms with van der Waals surface area (Å²) in [7, 11) is 0. The molecule has 16 heavy (non-hydrogen) atoms. The molecule has 6 nitrogen and oxygen atoms in total. The Bertz CT molecular complexity index is 402. The van der Waals surface area contributed by atoms with Crippen LogP contribution in [0.4, 0.5) is 5.69 Å². The number of nitrogens with one attached hydrogen (secondary N) is 2. The molecule has 2 rings (SSSR count). The normalized spacial score (nSPS) is 20.6. The highest BCUT2D eigenvalue weighted by atomic mass is 16.6. The molecular formula is C10H13N3O3. The molecular weight excluding hydrogens is 210 g/mol. The number of phenols is 1. The lowest BCUT2D eigenvalue weighted by atomic mass is 10.0. The Labute approximate surface area is 92.4 Å². The molecule has 1 aromatic carbocycles. The van der Waals surface area contributed by atoms with Crippen LogP contribution in [-0.4, -0.2) is 29.7 Å². The number of non-ortho nitro benzene ring substituents is 1. The zero-order valence-corrected chi connectivity index (χ0v) is 8.64. The molecule has 6 heteroatoms. The average Bonchev–Trinajstić information content (AvgIpc) is 2.30. The van der Waals surface area contributed by atoms with Gasteiger partial charge in [-0.1, -0.05) is 0 Å². The molecule has 0 amide bonds. The van der Waals surface area contributed by atoms with E-state index in [4.69, 9.17) is 0 Å². The minimum Gasteiger partial charge on any atom is -0.508 e. The number of nitrogens with zero attached hydrogens (tertiary/aromatic N) is 1. The smallest absolute Gasteiger partial charge is 0.270 e. The van der Waals surface area contributed by atoms with Gasteiger partial charge in [-0.2, -0.15) is 0 Å². The van der Waals surface area contributed by atoms with Gasteiger partial charge < -0.3 is 15.7 Å². The van der Waals surface area contributed by atoms with Crippen molar-refractivity contribution in [3.8, 4) is 5.75 Å². The fourth-order valence-corrected chi connectivity index (χ4v) is 1.81. The van der Waals surface area contributed by atoms with Crippen LogP contribution in [0.1, 0.15) is 11.6 Å².